The van der Waals surface area contributed by atoms with Gasteiger partial charge in [-0.25, -0.2) is 4.98 Å². The topological polar surface area (TPSA) is 51.2 Å². The SMILES string of the molecule is CC1CCOC1C(=O)Nc1ccc(I)cn1. The molecule has 0 radical (unpaired) electrons. The highest BCUT2D eigenvalue weighted by molar-refractivity contribution is 14.1. The molecule has 1 aliphatic rings. The van der Waals surface area contributed by atoms with Crippen LogP contribution in [0.4, 0.5) is 5.82 Å². The van der Waals surface area contributed by atoms with Crippen molar-refractivity contribution in [2.45, 2.75) is 19.4 Å². The summed E-state index contributed by atoms with van der Waals surface area (Å²) in [7, 11) is 0. The smallest absolute Gasteiger partial charge is 0.254 e. The van der Waals surface area contributed by atoms with Gasteiger partial charge in [-0.15, -0.1) is 0 Å². The van der Waals surface area contributed by atoms with E-state index in [4.69, 9.17) is 4.74 Å². The number of carbonyl (C=O) groups is 1. The van der Waals surface area contributed by atoms with Gasteiger partial charge in [-0.05, 0) is 47.1 Å². The Hall–Kier alpha value is -0.690. The van der Waals surface area contributed by atoms with Gasteiger partial charge >= 0.3 is 0 Å². The molecule has 1 saturated heterocycles. The molecule has 5 heteroatoms. The summed E-state index contributed by atoms with van der Waals surface area (Å²) in [4.78, 5) is 16.0. The second kappa shape index (κ2) is 5.09. The van der Waals surface area contributed by atoms with E-state index in [0.717, 1.165) is 9.99 Å². The highest BCUT2D eigenvalue weighted by Gasteiger charge is 2.30. The number of hydrogen-bond donors (Lipinski definition) is 1. The Bertz CT molecular complexity index is 380. The van der Waals surface area contributed by atoms with Crippen LogP contribution in [0.25, 0.3) is 0 Å². The molecule has 2 unspecified atom stereocenters. The van der Waals surface area contributed by atoms with Gasteiger partial charge in [0.1, 0.15) is 11.9 Å². The van der Waals surface area contributed by atoms with Gasteiger partial charge in [0.05, 0.1) is 0 Å². The number of carbonyl (C=O) groups excluding carboxylic acids is 1. The van der Waals surface area contributed by atoms with Crippen molar-refractivity contribution in [1.82, 2.24) is 4.98 Å². The number of pyridine rings is 1. The van der Waals surface area contributed by atoms with E-state index in [-0.39, 0.29) is 17.9 Å². The Kier molecular flexibility index (Phi) is 3.75. The average Bonchev–Trinajstić information content (AvgIpc) is 2.68. The highest BCUT2D eigenvalue weighted by Crippen LogP contribution is 2.21. The summed E-state index contributed by atoms with van der Waals surface area (Å²) in [5.41, 5.74) is 0. The molecule has 0 aromatic carbocycles. The Morgan fingerprint density at radius 1 is 1.62 bits per heavy atom. The summed E-state index contributed by atoms with van der Waals surface area (Å²) in [6, 6.07) is 3.70. The van der Waals surface area contributed by atoms with Crippen molar-refractivity contribution < 1.29 is 9.53 Å². The van der Waals surface area contributed by atoms with Gasteiger partial charge in [0, 0.05) is 16.4 Å². The van der Waals surface area contributed by atoms with E-state index in [1.54, 1.807) is 12.3 Å². The summed E-state index contributed by atoms with van der Waals surface area (Å²) in [6.07, 6.45) is 2.33. The minimum absolute atomic E-state index is 0.0984. The van der Waals surface area contributed by atoms with E-state index < -0.39 is 0 Å². The summed E-state index contributed by atoms with van der Waals surface area (Å²) < 4.78 is 6.42. The van der Waals surface area contributed by atoms with Crippen molar-refractivity contribution in [1.29, 1.82) is 0 Å². The van der Waals surface area contributed by atoms with Crippen molar-refractivity contribution >= 4 is 34.3 Å². The van der Waals surface area contributed by atoms with E-state index in [1.165, 1.54) is 0 Å². The van der Waals surface area contributed by atoms with Crippen LogP contribution in [0.3, 0.4) is 0 Å². The van der Waals surface area contributed by atoms with E-state index in [9.17, 15) is 4.79 Å². The maximum absolute atomic E-state index is 11.8. The lowest BCUT2D eigenvalue weighted by molar-refractivity contribution is -0.126. The molecule has 4 nitrogen and oxygen atoms in total. The Balaban J connectivity index is 1.99. The minimum atomic E-state index is -0.332. The van der Waals surface area contributed by atoms with Gasteiger partial charge in [-0.1, -0.05) is 6.92 Å². The van der Waals surface area contributed by atoms with Crippen LogP contribution in [0.15, 0.2) is 18.3 Å². The predicted octanol–water partition coefficient (Wildman–Crippen LogP) is 2.05. The van der Waals surface area contributed by atoms with Crippen molar-refractivity contribution in [2.75, 3.05) is 11.9 Å². The van der Waals surface area contributed by atoms with Crippen LogP contribution in [0.1, 0.15) is 13.3 Å². The number of amides is 1. The third kappa shape index (κ3) is 2.70. The van der Waals surface area contributed by atoms with Crippen LogP contribution < -0.4 is 5.32 Å². The fourth-order valence-corrected chi connectivity index (χ4v) is 2.00. The van der Waals surface area contributed by atoms with Gasteiger partial charge in [0.25, 0.3) is 5.91 Å². The molecule has 0 spiro atoms. The fourth-order valence-electron chi connectivity index (χ4n) is 1.68. The second-order valence-corrected chi connectivity index (χ2v) is 5.15. The number of aromatic nitrogens is 1. The highest BCUT2D eigenvalue weighted by atomic mass is 127. The molecule has 86 valence electrons. The fraction of sp³-hybridized carbons (Fsp3) is 0.455. The molecule has 0 bridgehead atoms. The van der Waals surface area contributed by atoms with Crippen molar-refractivity contribution in [3.63, 3.8) is 0 Å². The third-order valence-electron chi connectivity index (χ3n) is 2.62. The van der Waals surface area contributed by atoms with Crippen molar-refractivity contribution in [2.24, 2.45) is 5.92 Å². The zero-order valence-corrected chi connectivity index (χ0v) is 11.1. The summed E-state index contributed by atoms with van der Waals surface area (Å²) in [5, 5.41) is 2.76. The summed E-state index contributed by atoms with van der Waals surface area (Å²) in [6.45, 7) is 2.69. The lowest BCUT2D eigenvalue weighted by Crippen LogP contribution is -2.31. The van der Waals surface area contributed by atoms with Gasteiger partial charge in [0.15, 0.2) is 0 Å². The van der Waals surface area contributed by atoms with Gasteiger partial charge in [-0.3, -0.25) is 4.79 Å². The van der Waals surface area contributed by atoms with E-state index in [1.807, 2.05) is 13.0 Å². The maximum Gasteiger partial charge on any atom is 0.254 e. The van der Waals surface area contributed by atoms with E-state index >= 15 is 0 Å². The predicted molar refractivity (Wildman–Crippen MR) is 69.1 cm³/mol. The minimum Gasteiger partial charge on any atom is -0.368 e. The van der Waals surface area contributed by atoms with Gasteiger partial charge < -0.3 is 10.1 Å². The Labute approximate surface area is 108 Å². The molecule has 1 fully saturated rings. The van der Waals surface area contributed by atoms with Gasteiger partial charge in [-0.2, -0.15) is 0 Å². The van der Waals surface area contributed by atoms with E-state index in [0.29, 0.717) is 12.4 Å². The molecule has 1 N–H and O–H groups in total. The molecular formula is C11H13IN2O2. The lowest BCUT2D eigenvalue weighted by atomic mass is 10.0. The third-order valence-corrected chi connectivity index (χ3v) is 3.26. The molecule has 1 aromatic heterocycles. The van der Waals surface area contributed by atoms with E-state index in [2.05, 4.69) is 32.9 Å². The molecule has 0 aliphatic carbocycles. The van der Waals surface area contributed by atoms with Crippen LogP contribution in [-0.4, -0.2) is 23.6 Å². The molecule has 1 aromatic rings. The first kappa shape index (κ1) is 11.8. The molecule has 2 heterocycles. The van der Waals surface area contributed by atoms with Crippen LogP contribution in [0.5, 0.6) is 0 Å². The lowest BCUT2D eigenvalue weighted by Gasteiger charge is -2.13. The zero-order valence-electron chi connectivity index (χ0n) is 8.94. The van der Waals surface area contributed by atoms with Crippen molar-refractivity contribution in [3.8, 4) is 0 Å². The Morgan fingerprint density at radius 2 is 2.44 bits per heavy atom. The number of hydrogen-bond acceptors (Lipinski definition) is 3. The largest absolute Gasteiger partial charge is 0.368 e. The number of rotatable bonds is 2. The monoisotopic (exact) mass is 332 g/mol. The average molecular weight is 332 g/mol. The van der Waals surface area contributed by atoms with Crippen LogP contribution >= 0.6 is 22.6 Å². The molecule has 0 saturated carbocycles. The molecule has 1 aliphatic heterocycles. The quantitative estimate of drug-likeness (QED) is 0.844. The molecular weight excluding hydrogens is 319 g/mol. The first-order chi connectivity index (χ1) is 7.66. The van der Waals surface area contributed by atoms with Crippen molar-refractivity contribution in [3.05, 3.63) is 21.9 Å². The number of nitrogens with one attached hydrogen (secondary N) is 1. The zero-order chi connectivity index (χ0) is 11.5. The number of halogens is 1. The van der Waals surface area contributed by atoms with Crippen LogP contribution in [0.2, 0.25) is 0 Å². The normalized spacial score (nSPS) is 24.4. The molecule has 16 heavy (non-hydrogen) atoms. The summed E-state index contributed by atoms with van der Waals surface area (Å²) >= 11 is 2.17. The Morgan fingerprint density at radius 3 is 3.00 bits per heavy atom. The van der Waals surface area contributed by atoms with Crippen LogP contribution in [-0.2, 0) is 9.53 Å². The first-order valence-electron chi connectivity index (χ1n) is 5.21. The van der Waals surface area contributed by atoms with Crippen LogP contribution in [0, 0.1) is 9.49 Å². The standard InChI is InChI=1S/C11H13IN2O2/c1-7-4-5-16-10(7)11(15)14-9-3-2-8(12)6-13-9/h2-3,6-7,10H,4-5H2,1H3,(H,13,14,15). The molecule has 1 amide bonds. The van der Waals surface area contributed by atoms with Gasteiger partial charge in [0.2, 0.25) is 0 Å². The number of anilines is 1. The second-order valence-electron chi connectivity index (χ2n) is 3.91. The summed E-state index contributed by atoms with van der Waals surface area (Å²) in [5.74, 6) is 0.760. The maximum atomic E-state index is 11.8. The number of nitrogens with zero attached hydrogens (tertiary/aromatic N) is 1. The molecule has 2 rings (SSSR count). The molecule has 2 atom stereocenters. The first-order valence-corrected chi connectivity index (χ1v) is 6.29. The number of ether oxygens (including phenoxy) is 1.